The Balaban J connectivity index is 2.29. The number of halogens is 3. The van der Waals surface area contributed by atoms with Crippen LogP contribution in [-0.2, 0) is 6.42 Å². The minimum atomic E-state index is 0.430. The Morgan fingerprint density at radius 1 is 1.21 bits per heavy atom. The highest BCUT2D eigenvalue weighted by molar-refractivity contribution is 9.10. The van der Waals surface area contributed by atoms with Crippen LogP contribution in [0.2, 0.25) is 10.2 Å². The predicted molar refractivity (Wildman–Crippen MR) is 83.5 cm³/mol. The largest absolute Gasteiger partial charge is 0.339 e. The molecule has 0 atom stereocenters. The molecule has 1 aromatic carbocycles. The summed E-state index contributed by atoms with van der Waals surface area (Å²) in [6, 6.07) is 7.20. The molecule has 0 aliphatic carbocycles. The summed E-state index contributed by atoms with van der Waals surface area (Å²) in [6.45, 7) is 2.07. The van der Waals surface area contributed by atoms with Gasteiger partial charge in [-0.25, -0.2) is 9.97 Å². The second-order valence-corrected chi connectivity index (χ2v) is 5.67. The average molecular weight is 361 g/mol. The first kappa shape index (κ1) is 14.6. The fraction of sp³-hybridized carbons (Fsp3) is 0.231. The highest BCUT2D eigenvalue weighted by Gasteiger charge is 2.06. The van der Waals surface area contributed by atoms with Gasteiger partial charge >= 0.3 is 0 Å². The van der Waals surface area contributed by atoms with Gasteiger partial charge in [-0.1, -0.05) is 30.1 Å². The minimum absolute atomic E-state index is 0.430. The Labute approximate surface area is 130 Å². The van der Waals surface area contributed by atoms with Crippen molar-refractivity contribution < 1.29 is 0 Å². The number of aromatic nitrogens is 2. The maximum Gasteiger partial charge on any atom is 0.135 e. The molecule has 2 rings (SSSR count). The van der Waals surface area contributed by atoms with E-state index in [4.69, 9.17) is 23.2 Å². The molecule has 0 radical (unpaired) electrons. The first-order chi connectivity index (χ1) is 9.08. The third-order valence-corrected chi connectivity index (χ3v) is 3.53. The van der Waals surface area contributed by atoms with Crippen LogP contribution in [0.25, 0.3) is 0 Å². The Hall–Kier alpha value is -0.840. The van der Waals surface area contributed by atoms with Crippen LogP contribution < -0.4 is 5.32 Å². The lowest BCUT2D eigenvalue weighted by Gasteiger charge is -2.09. The number of aryl methyl sites for hydroxylation is 1. The zero-order valence-corrected chi connectivity index (χ0v) is 13.3. The van der Waals surface area contributed by atoms with Gasteiger partial charge in [0.25, 0.3) is 0 Å². The van der Waals surface area contributed by atoms with Crippen LogP contribution in [0.15, 0.2) is 28.7 Å². The molecule has 100 valence electrons. The van der Waals surface area contributed by atoms with Crippen molar-refractivity contribution in [2.45, 2.75) is 19.8 Å². The number of nitrogens with one attached hydrogen (secondary N) is 1. The maximum atomic E-state index is 5.99. The smallest absolute Gasteiger partial charge is 0.135 e. The number of hydrogen-bond donors (Lipinski definition) is 1. The van der Waals surface area contributed by atoms with E-state index < -0.39 is 0 Å². The molecule has 0 aliphatic heterocycles. The molecule has 6 heteroatoms. The van der Waals surface area contributed by atoms with Gasteiger partial charge in [-0.2, -0.15) is 0 Å². The molecule has 0 bridgehead atoms. The number of rotatable bonds is 4. The topological polar surface area (TPSA) is 37.8 Å². The normalized spacial score (nSPS) is 10.5. The monoisotopic (exact) mass is 359 g/mol. The first-order valence-electron chi connectivity index (χ1n) is 5.84. The van der Waals surface area contributed by atoms with Gasteiger partial charge in [-0.3, -0.25) is 0 Å². The van der Waals surface area contributed by atoms with Crippen LogP contribution in [0.3, 0.4) is 0 Å². The molecule has 19 heavy (non-hydrogen) atoms. The molecule has 0 fully saturated rings. The van der Waals surface area contributed by atoms with Crippen LogP contribution in [0.4, 0.5) is 11.5 Å². The van der Waals surface area contributed by atoms with E-state index in [0.29, 0.717) is 16.0 Å². The SMILES string of the molecule is CCCc1nc(Cl)cc(Nc2cc(Cl)ccc2Br)n1. The predicted octanol–water partition coefficient (Wildman–Crippen LogP) is 5.24. The van der Waals surface area contributed by atoms with E-state index in [0.717, 1.165) is 28.8 Å². The molecule has 0 aliphatic rings. The van der Waals surface area contributed by atoms with Gasteiger partial charge in [-0.15, -0.1) is 0 Å². The fourth-order valence-electron chi connectivity index (χ4n) is 1.60. The molecule has 0 spiro atoms. The summed E-state index contributed by atoms with van der Waals surface area (Å²) in [5.41, 5.74) is 0.838. The Bertz CT molecular complexity index is 590. The Kier molecular flexibility index (Phi) is 5.02. The van der Waals surface area contributed by atoms with E-state index in [1.165, 1.54) is 0 Å². The van der Waals surface area contributed by atoms with Gasteiger partial charge in [0.05, 0.1) is 5.69 Å². The minimum Gasteiger partial charge on any atom is -0.339 e. The lowest BCUT2D eigenvalue weighted by Crippen LogP contribution is -2.00. The van der Waals surface area contributed by atoms with E-state index >= 15 is 0 Å². The zero-order chi connectivity index (χ0) is 13.8. The maximum absolute atomic E-state index is 5.99. The highest BCUT2D eigenvalue weighted by atomic mass is 79.9. The van der Waals surface area contributed by atoms with Gasteiger partial charge in [0.15, 0.2) is 0 Å². The standard InChI is InChI=1S/C13H12BrCl2N3/c1-2-3-12-18-11(16)7-13(19-12)17-10-6-8(15)4-5-9(10)14/h4-7H,2-3H2,1H3,(H,17,18,19). The van der Waals surface area contributed by atoms with Crippen molar-refractivity contribution in [2.75, 3.05) is 5.32 Å². The van der Waals surface area contributed by atoms with Crippen molar-refractivity contribution in [3.8, 4) is 0 Å². The fourth-order valence-corrected chi connectivity index (χ4v) is 2.31. The lowest BCUT2D eigenvalue weighted by molar-refractivity contribution is 0.837. The number of nitrogens with zero attached hydrogens (tertiary/aromatic N) is 2. The Morgan fingerprint density at radius 3 is 2.74 bits per heavy atom. The van der Waals surface area contributed by atoms with Crippen molar-refractivity contribution in [2.24, 2.45) is 0 Å². The summed E-state index contributed by atoms with van der Waals surface area (Å²) in [5.74, 6) is 1.39. The number of hydrogen-bond acceptors (Lipinski definition) is 3. The zero-order valence-electron chi connectivity index (χ0n) is 10.3. The van der Waals surface area contributed by atoms with E-state index in [-0.39, 0.29) is 0 Å². The van der Waals surface area contributed by atoms with Gasteiger partial charge in [-0.05, 0) is 40.5 Å². The van der Waals surface area contributed by atoms with Crippen LogP contribution >= 0.6 is 39.1 Å². The quantitative estimate of drug-likeness (QED) is 0.757. The second kappa shape index (κ2) is 6.55. The molecule has 0 unspecified atom stereocenters. The molecule has 3 nitrogen and oxygen atoms in total. The van der Waals surface area contributed by atoms with Gasteiger partial charge in [0.1, 0.15) is 16.8 Å². The summed E-state index contributed by atoms with van der Waals surface area (Å²) >= 11 is 15.4. The molecule has 1 aromatic heterocycles. The van der Waals surface area contributed by atoms with Crippen LogP contribution in [0.5, 0.6) is 0 Å². The van der Waals surface area contributed by atoms with Crippen molar-refractivity contribution in [1.29, 1.82) is 0 Å². The molecule has 0 saturated heterocycles. The summed E-state index contributed by atoms with van der Waals surface area (Å²) < 4.78 is 0.906. The highest BCUT2D eigenvalue weighted by Crippen LogP contribution is 2.28. The van der Waals surface area contributed by atoms with Gasteiger partial charge < -0.3 is 5.32 Å². The summed E-state index contributed by atoms with van der Waals surface area (Å²) in [5, 5.41) is 4.27. The molecule has 0 amide bonds. The van der Waals surface area contributed by atoms with E-state index in [9.17, 15) is 0 Å². The van der Waals surface area contributed by atoms with Crippen molar-refractivity contribution in [3.05, 3.63) is 44.7 Å². The number of benzene rings is 1. The van der Waals surface area contributed by atoms with Crippen LogP contribution in [0.1, 0.15) is 19.2 Å². The van der Waals surface area contributed by atoms with Crippen LogP contribution in [-0.4, -0.2) is 9.97 Å². The second-order valence-electron chi connectivity index (χ2n) is 3.99. The summed E-state index contributed by atoms with van der Waals surface area (Å²) in [4.78, 5) is 8.60. The van der Waals surface area contributed by atoms with Gasteiger partial charge in [0.2, 0.25) is 0 Å². The molecule has 2 aromatic rings. The summed E-state index contributed by atoms with van der Waals surface area (Å²) in [7, 11) is 0. The number of anilines is 2. The average Bonchev–Trinajstić information content (AvgIpc) is 2.33. The summed E-state index contributed by atoms with van der Waals surface area (Å²) in [6.07, 6.45) is 1.77. The third kappa shape index (κ3) is 4.06. The lowest BCUT2D eigenvalue weighted by atomic mass is 10.3. The molecular weight excluding hydrogens is 349 g/mol. The first-order valence-corrected chi connectivity index (χ1v) is 7.39. The van der Waals surface area contributed by atoms with E-state index in [1.54, 1.807) is 6.07 Å². The van der Waals surface area contributed by atoms with E-state index in [1.807, 2.05) is 18.2 Å². The third-order valence-electron chi connectivity index (χ3n) is 2.41. The molecule has 1 heterocycles. The molecule has 0 saturated carbocycles. The Morgan fingerprint density at radius 2 is 2.00 bits per heavy atom. The molecule has 1 N–H and O–H groups in total. The van der Waals surface area contributed by atoms with Crippen molar-refractivity contribution >= 4 is 50.6 Å². The van der Waals surface area contributed by atoms with Crippen molar-refractivity contribution in [1.82, 2.24) is 9.97 Å². The van der Waals surface area contributed by atoms with Gasteiger partial charge in [0, 0.05) is 22.0 Å². The van der Waals surface area contributed by atoms with Crippen LogP contribution in [0, 0.1) is 0 Å². The van der Waals surface area contributed by atoms with Crippen molar-refractivity contribution in [3.63, 3.8) is 0 Å². The van der Waals surface area contributed by atoms with E-state index in [2.05, 4.69) is 38.1 Å². The molecular formula is C13H12BrCl2N3.